The van der Waals surface area contributed by atoms with E-state index in [1.165, 1.54) is 0 Å². The fourth-order valence-electron chi connectivity index (χ4n) is 1.67. The van der Waals surface area contributed by atoms with Gasteiger partial charge in [-0.05, 0) is 31.2 Å². The summed E-state index contributed by atoms with van der Waals surface area (Å²) in [6, 6.07) is 6.62. The summed E-state index contributed by atoms with van der Waals surface area (Å²) in [4.78, 5) is 27.9. The number of hydrogen-bond acceptors (Lipinski definition) is 5. The molecule has 1 heterocycles. The van der Waals surface area contributed by atoms with Crippen molar-refractivity contribution in [3.63, 3.8) is 0 Å². The highest BCUT2D eigenvalue weighted by molar-refractivity contribution is 7.17. The fraction of sp³-hybridized carbons (Fsp3) is 0.154. The van der Waals surface area contributed by atoms with Gasteiger partial charge >= 0.3 is 0 Å². The molecule has 0 fully saturated rings. The van der Waals surface area contributed by atoms with Crippen molar-refractivity contribution >= 4 is 34.0 Å². The minimum Gasteiger partial charge on any atom is -0.375 e. The number of amides is 2. The Morgan fingerprint density at radius 1 is 1.20 bits per heavy atom. The number of nitrogens with zero attached hydrogens (tertiary/aromatic N) is 1. The van der Waals surface area contributed by atoms with E-state index < -0.39 is 0 Å². The number of anilines is 2. The maximum absolute atomic E-state index is 12.0. The van der Waals surface area contributed by atoms with E-state index in [-0.39, 0.29) is 11.8 Å². The van der Waals surface area contributed by atoms with E-state index in [9.17, 15) is 9.59 Å². The zero-order valence-corrected chi connectivity index (χ0v) is 11.9. The molecule has 20 heavy (non-hydrogen) atoms. The topological polar surface area (TPSA) is 97.1 Å². The molecule has 0 unspecified atom stereocenters. The number of benzene rings is 1. The molecule has 1 aromatic heterocycles. The zero-order chi connectivity index (χ0) is 14.7. The second kappa shape index (κ2) is 5.70. The molecule has 0 spiro atoms. The van der Waals surface area contributed by atoms with Crippen LogP contribution < -0.4 is 16.4 Å². The molecule has 0 aliphatic heterocycles. The first-order chi connectivity index (χ1) is 9.51. The number of carbonyl (C=O) groups excluding carboxylic acids is 2. The second-order valence-electron chi connectivity index (χ2n) is 4.08. The van der Waals surface area contributed by atoms with Crippen LogP contribution in [0.2, 0.25) is 0 Å². The van der Waals surface area contributed by atoms with Gasteiger partial charge in [0.05, 0.1) is 5.69 Å². The maximum Gasteiger partial charge on any atom is 0.267 e. The van der Waals surface area contributed by atoms with Crippen molar-refractivity contribution in [3.05, 3.63) is 40.4 Å². The lowest BCUT2D eigenvalue weighted by Crippen LogP contribution is -2.17. The highest BCUT2D eigenvalue weighted by atomic mass is 32.1. The Labute approximate surface area is 120 Å². The Morgan fingerprint density at radius 3 is 2.35 bits per heavy atom. The SMILES string of the molecule is CNC(=O)c1ccc(NC(=O)c2sc(N)nc2C)cc1. The van der Waals surface area contributed by atoms with Crippen LogP contribution >= 0.6 is 11.3 Å². The number of nitrogens with one attached hydrogen (secondary N) is 2. The average molecular weight is 290 g/mol. The number of thiazole rings is 1. The fourth-order valence-corrected chi connectivity index (χ4v) is 2.39. The molecule has 6 nitrogen and oxygen atoms in total. The van der Waals surface area contributed by atoms with Gasteiger partial charge in [-0.15, -0.1) is 0 Å². The molecule has 104 valence electrons. The van der Waals surface area contributed by atoms with Gasteiger partial charge in [-0.2, -0.15) is 0 Å². The lowest BCUT2D eigenvalue weighted by atomic mass is 10.2. The lowest BCUT2D eigenvalue weighted by Gasteiger charge is -2.05. The van der Waals surface area contributed by atoms with Crippen molar-refractivity contribution in [1.29, 1.82) is 0 Å². The Kier molecular flexibility index (Phi) is 3.99. The largest absolute Gasteiger partial charge is 0.375 e. The minimum atomic E-state index is -0.260. The number of aryl methyl sites for hydroxylation is 1. The van der Waals surface area contributed by atoms with Gasteiger partial charge in [0.15, 0.2) is 5.13 Å². The van der Waals surface area contributed by atoms with Crippen LogP contribution in [0.25, 0.3) is 0 Å². The summed E-state index contributed by atoms with van der Waals surface area (Å²) in [5.74, 6) is -0.432. The number of nitrogen functional groups attached to an aromatic ring is 1. The molecule has 0 radical (unpaired) electrons. The van der Waals surface area contributed by atoms with Crippen LogP contribution in [-0.4, -0.2) is 23.8 Å². The van der Waals surface area contributed by atoms with Crippen LogP contribution in [0, 0.1) is 6.92 Å². The summed E-state index contributed by atoms with van der Waals surface area (Å²) in [5.41, 5.74) is 7.30. The van der Waals surface area contributed by atoms with Gasteiger partial charge in [-0.1, -0.05) is 11.3 Å². The van der Waals surface area contributed by atoms with Crippen molar-refractivity contribution < 1.29 is 9.59 Å². The highest BCUT2D eigenvalue weighted by Crippen LogP contribution is 2.21. The van der Waals surface area contributed by atoms with Crippen LogP contribution in [0.4, 0.5) is 10.8 Å². The van der Waals surface area contributed by atoms with E-state index in [0.717, 1.165) is 11.3 Å². The van der Waals surface area contributed by atoms with Crippen molar-refractivity contribution in [2.75, 3.05) is 18.1 Å². The molecule has 1 aromatic carbocycles. The molecule has 2 amide bonds. The second-order valence-corrected chi connectivity index (χ2v) is 5.11. The number of aromatic nitrogens is 1. The van der Waals surface area contributed by atoms with E-state index in [4.69, 9.17) is 5.73 Å². The third-order valence-corrected chi connectivity index (χ3v) is 3.64. The lowest BCUT2D eigenvalue weighted by molar-refractivity contribution is 0.0962. The van der Waals surface area contributed by atoms with Gasteiger partial charge in [0.2, 0.25) is 0 Å². The minimum absolute atomic E-state index is 0.172. The van der Waals surface area contributed by atoms with Gasteiger partial charge in [0.25, 0.3) is 11.8 Å². The first kappa shape index (κ1) is 14.0. The standard InChI is InChI=1S/C13H14N4O2S/c1-7-10(20-13(14)16-7)12(19)17-9-5-3-8(4-6-9)11(18)15-2/h3-6H,1-2H3,(H2,14,16)(H,15,18)(H,17,19). The van der Waals surface area contributed by atoms with Crippen molar-refractivity contribution in [2.45, 2.75) is 6.92 Å². The summed E-state index contributed by atoms with van der Waals surface area (Å²) in [6.07, 6.45) is 0. The molecule has 0 saturated heterocycles. The van der Waals surface area contributed by atoms with Gasteiger partial charge in [0, 0.05) is 18.3 Å². The van der Waals surface area contributed by atoms with Crippen LogP contribution in [0.15, 0.2) is 24.3 Å². The average Bonchev–Trinajstić information content (AvgIpc) is 2.78. The first-order valence-electron chi connectivity index (χ1n) is 5.87. The van der Waals surface area contributed by atoms with Gasteiger partial charge in [-0.3, -0.25) is 9.59 Å². The third-order valence-electron chi connectivity index (χ3n) is 2.65. The van der Waals surface area contributed by atoms with Crippen LogP contribution in [0.3, 0.4) is 0 Å². The first-order valence-corrected chi connectivity index (χ1v) is 6.69. The van der Waals surface area contributed by atoms with Gasteiger partial charge in [-0.25, -0.2) is 4.98 Å². The highest BCUT2D eigenvalue weighted by Gasteiger charge is 2.14. The molecular weight excluding hydrogens is 276 g/mol. The number of rotatable bonds is 3. The molecule has 4 N–H and O–H groups in total. The van der Waals surface area contributed by atoms with E-state index in [1.54, 1.807) is 38.2 Å². The molecule has 7 heteroatoms. The predicted molar refractivity (Wildman–Crippen MR) is 79.0 cm³/mol. The Balaban J connectivity index is 2.12. The Hall–Kier alpha value is -2.41. The van der Waals surface area contributed by atoms with Crippen LogP contribution in [-0.2, 0) is 0 Å². The van der Waals surface area contributed by atoms with E-state index >= 15 is 0 Å². The molecule has 2 aromatic rings. The molecule has 0 bridgehead atoms. The summed E-state index contributed by atoms with van der Waals surface area (Å²) < 4.78 is 0. The number of hydrogen-bond donors (Lipinski definition) is 3. The van der Waals surface area contributed by atoms with Gasteiger partial charge in [0.1, 0.15) is 4.88 Å². The molecular formula is C13H14N4O2S. The third kappa shape index (κ3) is 2.94. The smallest absolute Gasteiger partial charge is 0.267 e. The molecule has 0 saturated carbocycles. The Morgan fingerprint density at radius 2 is 1.85 bits per heavy atom. The van der Waals surface area contributed by atoms with E-state index in [1.807, 2.05) is 0 Å². The molecule has 0 aliphatic carbocycles. The van der Waals surface area contributed by atoms with E-state index in [2.05, 4.69) is 15.6 Å². The van der Waals surface area contributed by atoms with Crippen molar-refractivity contribution in [2.24, 2.45) is 0 Å². The monoisotopic (exact) mass is 290 g/mol. The summed E-state index contributed by atoms with van der Waals surface area (Å²) in [5, 5.41) is 5.64. The van der Waals surface area contributed by atoms with Crippen LogP contribution in [0.1, 0.15) is 25.7 Å². The molecule has 0 atom stereocenters. The van der Waals surface area contributed by atoms with Gasteiger partial charge < -0.3 is 16.4 Å². The number of nitrogens with two attached hydrogens (primary N) is 1. The molecule has 2 rings (SSSR count). The quantitative estimate of drug-likeness (QED) is 0.800. The molecule has 0 aliphatic rings. The van der Waals surface area contributed by atoms with Crippen LogP contribution in [0.5, 0.6) is 0 Å². The summed E-state index contributed by atoms with van der Waals surface area (Å²) >= 11 is 1.14. The predicted octanol–water partition coefficient (Wildman–Crippen LogP) is 1.65. The summed E-state index contributed by atoms with van der Waals surface area (Å²) in [6.45, 7) is 1.73. The van der Waals surface area contributed by atoms with E-state index in [0.29, 0.717) is 27.0 Å². The Bertz CT molecular complexity index is 649. The van der Waals surface area contributed by atoms with Crippen molar-refractivity contribution in [3.8, 4) is 0 Å². The normalized spacial score (nSPS) is 10.1. The van der Waals surface area contributed by atoms with Crippen molar-refractivity contribution in [1.82, 2.24) is 10.3 Å². The number of carbonyl (C=O) groups is 2. The zero-order valence-electron chi connectivity index (χ0n) is 11.1. The maximum atomic E-state index is 12.0. The summed E-state index contributed by atoms with van der Waals surface area (Å²) in [7, 11) is 1.56.